The number of carbonyl (C=O) groups is 1. The van der Waals surface area contributed by atoms with E-state index in [0.29, 0.717) is 17.0 Å². The van der Waals surface area contributed by atoms with Gasteiger partial charge in [0.2, 0.25) is 0 Å². The van der Waals surface area contributed by atoms with Crippen LogP contribution in [0.4, 0.5) is 5.69 Å². The molecule has 0 spiro atoms. The molecule has 0 aromatic heterocycles. The topological polar surface area (TPSA) is 62.1 Å². The lowest BCUT2D eigenvalue weighted by Gasteiger charge is -2.09. The van der Waals surface area contributed by atoms with Crippen LogP contribution in [0.3, 0.4) is 0 Å². The zero-order valence-electron chi connectivity index (χ0n) is 10.5. The van der Waals surface area contributed by atoms with E-state index in [-0.39, 0.29) is 12.5 Å². The minimum Gasteiger partial charge on any atom is -0.483 e. The number of amides is 1. The fourth-order valence-electron chi connectivity index (χ4n) is 1.58. The molecule has 5 heteroatoms. The van der Waals surface area contributed by atoms with E-state index >= 15 is 0 Å². The van der Waals surface area contributed by atoms with Gasteiger partial charge in [-0.05, 0) is 46.9 Å². The van der Waals surface area contributed by atoms with Crippen LogP contribution < -0.4 is 10.1 Å². The number of nitrogens with one attached hydrogen (secondary N) is 1. The molecule has 2 rings (SSSR count). The van der Waals surface area contributed by atoms with Crippen LogP contribution in [0.2, 0.25) is 0 Å². The van der Waals surface area contributed by atoms with Gasteiger partial charge in [0.15, 0.2) is 6.61 Å². The average Bonchev–Trinajstić information content (AvgIpc) is 2.47. The Morgan fingerprint density at radius 3 is 2.65 bits per heavy atom. The molecule has 0 bridgehead atoms. The highest BCUT2D eigenvalue weighted by molar-refractivity contribution is 14.1. The van der Waals surface area contributed by atoms with Gasteiger partial charge < -0.3 is 10.1 Å². The molecule has 1 amide bonds. The number of carbonyl (C=O) groups excluding carboxylic acids is 1. The molecule has 20 heavy (non-hydrogen) atoms. The second-order valence-electron chi connectivity index (χ2n) is 3.92. The number of hydrogen-bond acceptors (Lipinski definition) is 3. The fourth-order valence-corrected chi connectivity index (χ4v) is 2.12. The number of hydrogen-bond donors (Lipinski definition) is 1. The lowest BCUT2D eigenvalue weighted by atomic mass is 10.2. The molecule has 0 heterocycles. The van der Waals surface area contributed by atoms with E-state index in [0.717, 1.165) is 3.57 Å². The Hall–Kier alpha value is -2.07. The summed E-state index contributed by atoms with van der Waals surface area (Å²) in [5, 5.41) is 11.6. The summed E-state index contributed by atoms with van der Waals surface area (Å²) < 4.78 is 6.38. The van der Waals surface area contributed by atoms with Gasteiger partial charge in [0, 0.05) is 0 Å². The van der Waals surface area contributed by atoms with Crippen molar-refractivity contribution in [2.75, 3.05) is 11.9 Å². The summed E-state index contributed by atoms with van der Waals surface area (Å²) in [4.78, 5) is 11.8. The number of ether oxygens (including phenoxy) is 1. The van der Waals surface area contributed by atoms with Crippen molar-refractivity contribution in [2.45, 2.75) is 0 Å². The van der Waals surface area contributed by atoms with E-state index < -0.39 is 0 Å². The van der Waals surface area contributed by atoms with E-state index in [1.54, 1.807) is 30.3 Å². The van der Waals surface area contributed by atoms with E-state index in [1.165, 1.54) is 0 Å². The lowest BCUT2D eigenvalue weighted by Crippen LogP contribution is -2.20. The van der Waals surface area contributed by atoms with Crippen molar-refractivity contribution in [3.8, 4) is 11.8 Å². The zero-order valence-corrected chi connectivity index (χ0v) is 12.6. The normalized spacial score (nSPS) is 9.60. The smallest absolute Gasteiger partial charge is 0.262 e. The molecule has 0 aliphatic carbocycles. The Labute approximate surface area is 130 Å². The van der Waals surface area contributed by atoms with Crippen molar-refractivity contribution in [1.29, 1.82) is 5.26 Å². The maximum Gasteiger partial charge on any atom is 0.262 e. The number of para-hydroxylation sites is 2. The van der Waals surface area contributed by atoms with Gasteiger partial charge in [-0.15, -0.1) is 0 Å². The maximum absolute atomic E-state index is 11.8. The van der Waals surface area contributed by atoms with Crippen LogP contribution in [0.1, 0.15) is 5.56 Å². The molecular formula is C15H11IN2O2. The van der Waals surface area contributed by atoms with E-state index in [4.69, 9.17) is 10.00 Å². The van der Waals surface area contributed by atoms with Gasteiger partial charge in [0.25, 0.3) is 5.91 Å². The summed E-state index contributed by atoms with van der Waals surface area (Å²) in [5.74, 6) is 0.365. The van der Waals surface area contributed by atoms with Crippen molar-refractivity contribution in [1.82, 2.24) is 0 Å². The predicted octanol–water partition coefficient (Wildman–Crippen LogP) is 3.18. The highest BCUT2D eigenvalue weighted by Gasteiger charge is 2.08. The van der Waals surface area contributed by atoms with Crippen LogP contribution in [0.25, 0.3) is 0 Å². The third-order valence-corrected chi connectivity index (χ3v) is 3.41. The summed E-state index contributed by atoms with van der Waals surface area (Å²) in [5.41, 5.74) is 0.918. The maximum atomic E-state index is 11.8. The van der Waals surface area contributed by atoms with Crippen LogP contribution in [0.15, 0.2) is 48.5 Å². The van der Waals surface area contributed by atoms with Crippen molar-refractivity contribution < 1.29 is 9.53 Å². The van der Waals surface area contributed by atoms with Crippen molar-refractivity contribution >= 4 is 34.2 Å². The third-order valence-electron chi connectivity index (χ3n) is 2.52. The first-order valence-corrected chi connectivity index (χ1v) is 6.95. The van der Waals surface area contributed by atoms with E-state index in [9.17, 15) is 4.79 Å². The number of nitrogens with zero attached hydrogens (tertiary/aromatic N) is 1. The molecule has 0 aliphatic heterocycles. The molecule has 0 saturated heterocycles. The van der Waals surface area contributed by atoms with E-state index in [2.05, 4.69) is 27.9 Å². The predicted molar refractivity (Wildman–Crippen MR) is 84.4 cm³/mol. The first-order chi connectivity index (χ1) is 9.70. The Morgan fingerprint density at radius 1 is 1.20 bits per heavy atom. The molecule has 0 radical (unpaired) electrons. The summed E-state index contributed by atoms with van der Waals surface area (Å²) in [6.07, 6.45) is 0. The van der Waals surface area contributed by atoms with Gasteiger partial charge in [-0.25, -0.2) is 0 Å². The van der Waals surface area contributed by atoms with Crippen LogP contribution in [0, 0.1) is 14.9 Å². The molecule has 0 aliphatic rings. The minimum atomic E-state index is -0.299. The van der Waals surface area contributed by atoms with Gasteiger partial charge in [0.1, 0.15) is 11.8 Å². The van der Waals surface area contributed by atoms with Crippen LogP contribution >= 0.6 is 22.6 Å². The Kier molecular flexibility index (Phi) is 4.96. The van der Waals surface area contributed by atoms with E-state index in [1.807, 2.05) is 24.3 Å². The van der Waals surface area contributed by atoms with Crippen LogP contribution in [-0.4, -0.2) is 12.5 Å². The summed E-state index contributed by atoms with van der Waals surface area (Å²) in [6.45, 7) is -0.0974. The first kappa shape index (κ1) is 14.3. The molecule has 2 aromatic carbocycles. The third kappa shape index (κ3) is 3.71. The SMILES string of the molecule is N#Cc1ccccc1NC(=O)COc1ccccc1I. The van der Waals surface area contributed by atoms with Crippen molar-refractivity contribution in [2.24, 2.45) is 0 Å². The van der Waals surface area contributed by atoms with Crippen molar-refractivity contribution in [3.05, 3.63) is 57.7 Å². The largest absolute Gasteiger partial charge is 0.483 e. The fraction of sp³-hybridized carbons (Fsp3) is 0.0667. The number of nitriles is 1. The molecule has 1 N–H and O–H groups in total. The molecule has 0 fully saturated rings. The second kappa shape index (κ2) is 6.91. The second-order valence-corrected chi connectivity index (χ2v) is 5.09. The highest BCUT2D eigenvalue weighted by Crippen LogP contribution is 2.19. The highest BCUT2D eigenvalue weighted by atomic mass is 127. The van der Waals surface area contributed by atoms with Gasteiger partial charge in [0.05, 0.1) is 14.8 Å². The monoisotopic (exact) mass is 378 g/mol. The van der Waals surface area contributed by atoms with Crippen LogP contribution in [-0.2, 0) is 4.79 Å². The number of rotatable bonds is 4. The number of halogens is 1. The summed E-state index contributed by atoms with van der Waals surface area (Å²) in [6, 6.07) is 16.3. The van der Waals surface area contributed by atoms with Gasteiger partial charge in [-0.1, -0.05) is 24.3 Å². The first-order valence-electron chi connectivity index (χ1n) is 5.87. The number of benzene rings is 2. The Morgan fingerprint density at radius 2 is 1.90 bits per heavy atom. The lowest BCUT2D eigenvalue weighted by molar-refractivity contribution is -0.118. The quantitative estimate of drug-likeness (QED) is 0.832. The Bertz CT molecular complexity index is 665. The summed E-state index contributed by atoms with van der Waals surface area (Å²) in [7, 11) is 0. The molecular weight excluding hydrogens is 367 g/mol. The van der Waals surface area contributed by atoms with Gasteiger partial charge in [-0.2, -0.15) is 5.26 Å². The molecule has 100 valence electrons. The minimum absolute atomic E-state index is 0.0974. The molecule has 0 saturated carbocycles. The summed E-state index contributed by atoms with van der Waals surface area (Å²) >= 11 is 2.14. The Balaban J connectivity index is 1.97. The number of anilines is 1. The van der Waals surface area contributed by atoms with Gasteiger partial charge >= 0.3 is 0 Å². The molecule has 4 nitrogen and oxygen atoms in total. The molecule has 0 unspecified atom stereocenters. The zero-order chi connectivity index (χ0) is 14.4. The van der Waals surface area contributed by atoms with Crippen LogP contribution in [0.5, 0.6) is 5.75 Å². The average molecular weight is 378 g/mol. The molecule has 0 atom stereocenters. The van der Waals surface area contributed by atoms with Crippen molar-refractivity contribution in [3.63, 3.8) is 0 Å². The van der Waals surface area contributed by atoms with Gasteiger partial charge in [-0.3, -0.25) is 4.79 Å². The molecule has 2 aromatic rings. The standard InChI is InChI=1S/C15H11IN2O2/c16-12-6-2-4-8-14(12)20-10-15(19)18-13-7-3-1-5-11(13)9-17/h1-8H,10H2,(H,18,19).